The Morgan fingerprint density at radius 3 is 2.67 bits per heavy atom. The first-order valence-electron chi connectivity index (χ1n) is 9.61. The highest BCUT2D eigenvalue weighted by Gasteiger charge is 2.51. The maximum Gasteiger partial charge on any atom is 0.226 e. The fourth-order valence-corrected chi connectivity index (χ4v) is 5.14. The van der Waals surface area contributed by atoms with E-state index in [1.807, 2.05) is 0 Å². The molecule has 5 heteroatoms. The summed E-state index contributed by atoms with van der Waals surface area (Å²) in [6, 6.07) is 0. The molecule has 1 spiro atoms. The van der Waals surface area contributed by atoms with Gasteiger partial charge in [-0.15, -0.1) is 0 Å². The number of H-pyrrole nitrogens is 1. The lowest BCUT2D eigenvalue weighted by Crippen LogP contribution is -2.35. The van der Waals surface area contributed by atoms with E-state index in [2.05, 4.69) is 27.2 Å². The first-order valence-corrected chi connectivity index (χ1v) is 9.61. The Morgan fingerprint density at radius 2 is 1.96 bits per heavy atom. The van der Waals surface area contributed by atoms with Crippen molar-refractivity contribution >= 4 is 5.91 Å². The number of hydrogen-bond acceptors (Lipinski definition) is 3. The number of likely N-dealkylation sites (tertiary alicyclic amines) is 1. The summed E-state index contributed by atoms with van der Waals surface area (Å²) in [6.07, 6.45) is 13.6. The molecular formula is C19H26N4O. The summed E-state index contributed by atoms with van der Waals surface area (Å²) in [5.41, 5.74) is 0.238. The van der Waals surface area contributed by atoms with Gasteiger partial charge in [-0.05, 0) is 43.9 Å². The third kappa shape index (κ3) is 2.32. The van der Waals surface area contributed by atoms with Crippen molar-refractivity contribution in [3.05, 3.63) is 23.8 Å². The Balaban J connectivity index is 1.40. The summed E-state index contributed by atoms with van der Waals surface area (Å²) < 4.78 is 0. The Hall–Kier alpha value is -1.65. The van der Waals surface area contributed by atoms with Crippen molar-refractivity contribution in [1.29, 1.82) is 0 Å². The lowest BCUT2D eigenvalue weighted by Gasteiger charge is -2.28. The highest BCUT2D eigenvalue weighted by atomic mass is 16.2. The second-order valence-corrected chi connectivity index (χ2v) is 8.33. The first-order chi connectivity index (χ1) is 11.8. The molecule has 2 saturated carbocycles. The summed E-state index contributed by atoms with van der Waals surface area (Å²) in [5, 5.41) is 7.71. The number of rotatable bonds is 3. The van der Waals surface area contributed by atoms with E-state index in [1.54, 1.807) is 0 Å². The summed E-state index contributed by atoms with van der Waals surface area (Å²) in [5.74, 6) is 3.51. The van der Waals surface area contributed by atoms with Gasteiger partial charge in [0.2, 0.25) is 5.91 Å². The quantitative estimate of drug-likeness (QED) is 0.868. The number of nitrogens with one attached hydrogen (secondary N) is 1. The molecule has 24 heavy (non-hydrogen) atoms. The third-order valence-corrected chi connectivity index (χ3v) is 6.71. The molecule has 1 amide bonds. The molecular weight excluding hydrogens is 300 g/mol. The van der Waals surface area contributed by atoms with Gasteiger partial charge in [-0.3, -0.25) is 9.89 Å². The van der Waals surface area contributed by atoms with E-state index >= 15 is 0 Å². The fourth-order valence-electron chi connectivity index (χ4n) is 5.14. The molecule has 1 unspecified atom stereocenters. The van der Waals surface area contributed by atoms with Crippen LogP contribution in [0.5, 0.6) is 0 Å². The van der Waals surface area contributed by atoms with Gasteiger partial charge in [0.15, 0.2) is 5.82 Å². The summed E-state index contributed by atoms with van der Waals surface area (Å²) in [4.78, 5) is 19.9. The predicted molar refractivity (Wildman–Crippen MR) is 90.4 cm³/mol. The van der Waals surface area contributed by atoms with Crippen LogP contribution < -0.4 is 0 Å². The molecule has 1 saturated heterocycles. The van der Waals surface area contributed by atoms with Crippen molar-refractivity contribution in [3.8, 4) is 0 Å². The molecule has 0 aromatic carbocycles. The van der Waals surface area contributed by atoms with Crippen molar-refractivity contribution in [2.24, 2.45) is 11.3 Å². The number of nitrogens with zero attached hydrogens (tertiary/aromatic N) is 3. The van der Waals surface area contributed by atoms with Gasteiger partial charge in [-0.2, -0.15) is 5.10 Å². The Kier molecular flexibility index (Phi) is 3.32. The van der Waals surface area contributed by atoms with Gasteiger partial charge in [-0.25, -0.2) is 4.98 Å². The molecule has 5 nitrogen and oxygen atoms in total. The number of aromatic nitrogens is 3. The second-order valence-electron chi connectivity index (χ2n) is 8.33. The van der Waals surface area contributed by atoms with Crippen LogP contribution in [0, 0.1) is 11.3 Å². The van der Waals surface area contributed by atoms with Crippen LogP contribution in [0.1, 0.15) is 74.9 Å². The van der Waals surface area contributed by atoms with E-state index < -0.39 is 0 Å². The van der Waals surface area contributed by atoms with Crippen LogP contribution in [0.4, 0.5) is 0 Å². The summed E-state index contributed by atoms with van der Waals surface area (Å²) in [7, 11) is 0. The van der Waals surface area contributed by atoms with E-state index in [9.17, 15) is 4.79 Å². The number of carbonyl (C=O) groups excluding carboxylic acids is 1. The largest absolute Gasteiger partial charge is 0.341 e. The van der Waals surface area contributed by atoms with E-state index in [4.69, 9.17) is 4.98 Å². The van der Waals surface area contributed by atoms with Crippen LogP contribution in [0.2, 0.25) is 0 Å². The number of amides is 1. The molecule has 4 aliphatic rings. The maximum atomic E-state index is 12.9. The van der Waals surface area contributed by atoms with Gasteiger partial charge in [-0.1, -0.05) is 25.0 Å². The fraction of sp³-hybridized carbons (Fsp3) is 0.737. The van der Waals surface area contributed by atoms with Crippen LogP contribution in [-0.2, 0) is 4.79 Å². The van der Waals surface area contributed by atoms with Gasteiger partial charge in [0.1, 0.15) is 5.82 Å². The average Bonchev–Trinajstić information content (AvgIpc) is 3.10. The van der Waals surface area contributed by atoms with Gasteiger partial charge < -0.3 is 4.90 Å². The highest BCUT2D eigenvalue weighted by Crippen LogP contribution is 2.53. The molecule has 1 aromatic heterocycles. The minimum absolute atomic E-state index is 0.180. The average molecular weight is 326 g/mol. The smallest absolute Gasteiger partial charge is 0.226 e. The van der Waals surface area contributed by atoms with E-state index in [1.165, 1.54) is 38.5 Å². The predicted octanol–water partition coefficient (Wildman–Crippen LogP) is 3.13. The number of allylic oxidation sites excluding steroid dienone is 2. The van der Waals surface area contributed by atoms with Crippen molar-refractivity contribution in [2.45, 2.75) is 63.2 Å². The molecule has 1 aliphatic heterocycles. The van der Waals surface area contributed by atoms with Crippen LogP contribution in [0.15, 0.2) is 12.2 Å². The normalized spacial score (nSPS) is 29.2. The van der Waals surface area contributed by atoms with Crippen LogP contribution in [0.25, 0.3) is 0 Å². The van der Waals surface area contributed by atoms with Gasteiger partial charge in [0.05, 0.1) is 0 Å². The molecule has 0 bridgehead atoms. The highest BCUT2D eigenvalue weighted by molar-refractivity contribution is 5.80. The molecule has 3 fully saturated rings. The van der Waals surface area contributed by atoms with Gasteiger partial charge >= 0.3 is 0 Å². The van der Waals surface area contributed by atoms with Crippen molar-refractivity contribution in [1.82, 2.24) is 20.1 Å². The number of carbonyl (C=O) groups is 1. The lowest BCUT2D eigenvalue weighted by molar-refractivity contribution is -0.134. The molecule has 1 aromatic rings. The van der Waals surface area contributed by atoms with Crippen molar-refractivity contribution < 1.29 is 4.79 Å². The monoisotopic (exact) mass is 326 g/mol. The van der Waals surface area contributed by atoms with Crippen LogP contribution in [-0.4, -0.2) is 39.1 Å². The molecule has 1 atom stereocenters. The number of aromatic amines is 1. The van der Waals surface area contributed by atoms with E-state index in [-0.39, 0.29) is 11.3 Å². The van der Waals surface area contributed by atoms with Gasteiger partial charge in [0, 0.05) is 30.8 Å². The Bertz CT molecular complexity index is 661. The minimum Gasteiger partial charge on any atom is -0.341 e. The Morgan fingerprint density at radius 1 is 1.21 bits per heavy atom. The molecule has 1 N–H and O–H groups in total. The van der Waals surface area contributed by atoms with Crippen molar-refractivity contribution in [2.75, 3.05) is 13.1 Å². The zero-order valence-electron chi connectivity index (χ0n) is 14.2. The van der Waals surface area contributed by atoms with Crippen LogP contribution in [0.3, 0.4) is 0 Å². The standard InChI is InChI=1S/C19H26N4O/c24-18(14-5-1-2-6-14)23-11-15(19(12-23)9-3-4-10-19)17-20-16(21-22-17)13-7-8-13/h1-2,13-15H,3-12H2,(H,20,21,22). The SMILES string of the molecule is O=C(C1CC=CC1)N1CC(c2nc(C3CC3)n[nH]2)C2(CCCC2)C1. The summed E-state index contributed by atoms with van der Waals surface area (Å²) in [6.45, 7) is 1.75. The van der Waals surface area contributed by atoms with Crippen LogP contribution >= 0.6 is 0 Å². The van der Waals surface area contributed by atoms with E-state index in [0.717, 1.165) is 37.6 Å². The lowest BCUT2D eigenvalue weighted by atomic mass is 9.76. The molecule has 2 heterocycles. The maximum absolute atomic E-state index is 12.9. The molecule has 3 aliphatic carbocycles. The zero-order valence-corrected chi connectivity index (χ0v) is 14.2. The second kappa shape index (κ2) is 5.43. The summed E-state index contributed by atoms with van der Waals surface area (Å²) >= 11 is 0. The third-order valence-electron chi connectivity index (χ3n) is 6.71. The molecule has 0 radical (unpaired) electrons. The Labute approximate surface area is 142 Å². The topological polar surface area (TPSA) is 61.9 Å². The first kappa shape index (κ1) is 14.7. The number of hydrogen-bond donors (Lipinski definition) is 1. The van der Waals surface area contributed by atoms with Gasteiger partial charge in [0.25, 0.3) is 0 Å². The van der Waals surface area contributed by atoms with E-state index in [0.29, 0.717) is 17.7 Å². The molecule has 128 valence electrons. The molecule has 5 rings (SSSR count). The van der Waals surface area contributed by atoms with Crippen molar-refractivity contribution in [3.63, 3.8) is 0 Å². The minimum atomic E-state index is 0.180. The zero-order chi connectivity index (χ0) is 16.1.